The Bertz CT molecular complexity index is 2250. The number of alkyl carbamates (subject to hydrolysis) is 1. The molecule has 2 bridgehead atoms. The molecule has 5 heterocycles. The molecule has 0 radical (unpaired) electrons. The molecule has 3 aromatic heterocycles. The van der Waals surface area contributed by atoms with Gasteiger partial charge in [0.05, 0.1) is 33.8 Å². The number of amides is 3. The Hall–Kier alpha value is -4.90. The number of pyridine rings is 1. The smallest absolute Gasteiger partial charge is 0.407 e. The highest BCUT2D eigenvalue weighted by atomic mass is 35.5. The standard InChI is InChI=1S/C41H44ClN7O4/c1-41(2,3)53-40(52)45-34-28-13-14-32(34)48(23-28)39(51)29-16-30(42)35-31(17-29)44-37(33-18-27-10-7-15-43-36(27)47(33)21-24-11-12-24)49(35)22-25-19-46(20-25)38(50)26-8-5-4-6-9-26/h4-10,15-18,24-25,28,32,34H,11-14,19-23H2,1-3H3,(H,45,52)/t28-,32-,34-/m1/s1. The van der Waals surface area contributed by atoms with E-state index in [4.69, 9.17) is 26.3 Å². The summed E-state index contributed by atoms with van der Waals surface area (Å²) in [5.74, 6) is 1.66. The van der Waals surface area contributed by atoms with Gasteiger partial charge in [0.15, 0.2) is 5.82 Å². The first-order valence-corrected chi connectivity index (χ1v) is 19.2. The molecular weight excluding hydrogens is 690 g/mol. The van der Waals surface area contributed by atoms with Crippen LogP contribution < -0.4 is 5.32 Å². The zero-order valence-electron chi connectivity index (χ0n) is 30.3. The topological polar surface area (TPSA) is 115 Å². The third-order valence-corrected chi connectivity index (χ3v) is 11.6. The van der Waals surface area contributed by atoms with Crippen LogP contribution in [0.1, 0.15) is 67.2 Å². The zero-order chi connectivity index (χ0) is 36.6. The van der Waals surface area contributed by atoms with Gasteiger partial charge in [-0.2, -0.15) is 0 Å². The van der Waals surface area contributed by atoms with E-state index in [2.05, 4.69) is 26.6 Å². The number of carbonyl (C=O) groups is 3. The third kappa shape index (κ3) is 6.32. The van der Waals surface area contributed by atoms with Crippen LogP contribution in [0.3, 0.4) is 0 Å². The number of likely N-dealkylation sites (tertiary alicyclic amines) is 2. The first-order chi connectivity index (χ1) is 25.5. The van der Waals surface area contributed by atoms with Crippen molar-refractivity contribution in [1.29, 1.82) is 0 Å². The van der Waals surface area contributed by atoms with Crippen molar-refractivity contribution in [1.82, 2.24) is 34.2 Å². The number of ether oxygens (including phenoxy) is 1. The van der Waals surface area contributed by atoms with Crippen molar-refractivity contribution in [2.45, 2.75) is 77.2 Å². The lowest BCUT2D eigenvalue weighted by Crippen LogP contribution is -2.51. The average molecular weight is 734 g/mol. The third-order valence-electron chi connectivity index (χ3n) is 11.3. The molecule has 53 heavy (non-hydrogen) atoms. The van der Waals surface area contributed by atoms with Crippen LogP contribution in [0, 0.1) is 17.8 Å². The monoisotopic (exact) mass is 733 g/mol. The van der Waals surface area contributed by atoms with Crippen LogP contribution in [0.4, 0.5) is 4.79 Å². The number of fused-ring (bicyclic) bond motifs is 4. The lowest BCUT2D eigenvalue weighted by Gasteiger charge is -2.39. The Morgan fingerprint density at radius 1 is 0.868 bits per heavy atom. The number of benzene rings is 2. The van der Waals surface area contributed by atoms with Gasteiger partial charge < -0.3 is 29.0 Å². The molecule has 3 atom stereocenters. The summed E-state index contributed by atoms with van der Waals surface area (Å²) >= 11 is 7.18. The highest BCUT2D eigenvalue weighted by molar-refractivity contribution is 6.35. The van der Waals surface area contributed by atoms with Crippen molar-refractivity contribution in [3.05, 3.63) is 83.0 Å². The van der Waals surface area contributed by atoms with E-state index < -0.39 is 11.7 Å². The predicted molar refractivity (Wildman–Crippen MR) is 203 cm³/mol. The number of nitrogens with one attached hydrogen (secondary N) is 1. The number of hydrogen-bond acceptors (Lipinski definition) is 6. The van der Waals surface area contributed by atoms with Gasteiger partial charge in [-0.1, -0.05) is 29.8 Å². The molecular formula is C41H44ClN7O4. The van der Waals surface area contributed by atoms with Crippen LogP contribution in [0.2, 0.25) is 5.02 Å². The maximum Gasteiger partial charge on any atom is 0.407 e. The molecule has 2 saturated heterocycles. The molecule has 1 N–H and O–H groups in total. The molecule has 9 rings (SSSR count). The van der Waals surface area contributed by atoms with Gasteiger partial charge in [-0.15, -0.1) is 0 Å². The molecule has 5 aromatic rings. The highest BCUT2D eigenvalue weighted by Gasteiger charge is 2.50. The first kappa shape index (κ1) is 33.9. The molecule has 0 spiro atoms. The van der Waals surface area contributed by atoms with E-state index >= 15 is 0 Å². The number of aromatic nitrogens is 4. The van der Waals surface area contributed by atoms with Gasteiger partial charge in [-0.3, -0.25) is 9.59 Å². The fourth-order valence-electron chi connectivity index (χ4n) is 8.66. The molecule has 4 aliphatic rings. The number of halogens is 1. The quantitative estimate of drug-likeness (QED) is 0.184. The Kier molecular flexibility index (Phi) is 8.25. The van der Waals surface area contributed by atoms with Gasteiger partial charge in [0.25, 0.3) is 11.8 Å². The lowest BCUT2D eigenvalue weighted by atomic mass is 9.98. The van der Waals surface area contributed by atoms with Crippen LogP contribution in [-0.2, 0) is 17.8 Å². The summed E-state index contributed by atoms with van der Waals surface area (Å²) < 4.78 is 10.0. The summed E-state index contributed by atoms with van der Waals surface area (Å²) in [6, 6.07) is 19.0. The number of imidazole rings is 1. The Labute approximate surface area is 313 Å². The minimum atomic E-state index is -0.605. The SMILES string of the molecule is CC(C)(C)OC(=O)N[C@@H]1[C@@H]2CC[C@H]1N(C(=O)c1cc(Cl)c3c(c1)nc(-c1cc4cccnc4n1CC1CC1)n3CC1CN(C(=O)c3ccccc3)C1)C2. The van der Waals surface area contributed by atoms with Gasteiger partial charge in [0.1, 0.15) is 11.2 Å². The normalized spacial score (nSPS) is 21.4. The predicted octanol–water partition coefficient (Wildman–Crippen LogP) is 7.02. The fraction of sp³-hybridized carbons (Fsp3) is 0.439. The van der Waals surface area contributed by atoms with E-state index in [1.165, 1.54) is 12.8 Å². The molecule has 3 amide bonds. The summed E-state index contributed by atoms with van der Waals surface area (Å²) in [5, 5.41) is 4.56. The van der Waals surface area contributed by atoms with Crippen molar-refractivity contribution in [3.8, 4) is 11.5 Å². The Morgan fingerprint density at radius 2 is 1.64 bits per heavy atom. The number of hydrogen-bond donors (Lipinski definition) is 1. The number of piperidine rings is 1. The minimum absolute atomic E-state index is 0.0357. The van der Waals surface area contributed by atoms with E-state index in [-0.39, 0.29) is 35.7 Å². The molecule has 274 valence electrons. The summed E-state index contributed by atoms with van der Waals surface area (Å²) in [5.41, 5.74) is 3.88. The Morgan fingerprint density at radius 3 is 2.40 bits per heavy atom. The molecule has 2 aliphatic heterocycles. The van der Waals surface area contributed by atoms with Crippen LogP contribution >= 0.6 is 11.6 Å². The van der Waals surface area contributed by atoms with Crippen molar-refractivity contribution in [2.24, 2.45) is 17.8 Å². The van der Waals surface area contributed by atoms with E-state index in [1.807, 2.05) is 79.2 Å². The van der Waals surface area contributed by atoms with E-state index in [1.54, 1.807) is 6.07 Å². The minimum Gasteiger partial charge on any atom is -0.444 e. The second kappa shape index (κ2) is 12.9. The van der Waals surface area contributed by atoms with Crippen LogP contribution in [-0.4, -0.2) is 84.1 Å². The fourth-order valence-corrected chi connectivity index (χ4v) is 8.98. The van der Waals surface area contributed by atoms with Crippen molar-refractivity contribution in [2.75, 3.05) is 19.6 Å². The number of carbonyl (C=O) groups excluding carboxylic acids is 3. The maximum atomic E-state index is 14.2. The van der Waals surface area contributed by atoms with Crippen molar-refractivity contribution < 1.29 is 19.1 Å². The van der Waals surface area contributed by atoms with Crippen molar-refractivity contribution >= 4 is 51.6 Å². The van der Waals surface area contributed by atoms with E-state index in [0.717, 1.165) is 47.5 Å². The molecule has 2 saturated carbocycles. The average Bonchev–Trinajstić information content (AvgIpc) is 3.42. The number of nitrogens with zero attached hydrogens (tertiary/aromatic N) is 6. The second-order valence-corrected chi connectivity index (χ2v) is 16.8. The molecule has 0 unspecified atom stereocenters. The van der Waals surface area contributed by atoms with Gasteiger partial charge in [0.2, 0.25) is 0 Å². The van der Waals surface area contributed by atoms with Crippen LogP contribution in [0.5, 0.6) is 0 Å². The summed E-state index contributed by atoms with van der Waals surface area (Å²) in [7, 11) is 0. The molecule has 11 nitrogen and oxygen atoms in total. The van der Waals surface area contributed by atoms with Gasteiger partial charge in [-0.25, -0.2) is 14.8 Å². The number of rotatable bonds is 8. The first-order valence-electron chi connectivity index (χ1n) is 18.8. The molecule has 2 aliphatic carbocycles. The largest absolute Gasteiger partial charge is 0.444 e. The summed E-state index contributed by atoms with van der Waals surface area (Å²) in [6.45, 7) is 8.82. The van der Waals surface area contributed by atoms with Crippen LogP contribution in [0.25, 0.3) is 33.6 Å². The molecule has 4 fully saturated rings. The molecule has 2 aromatic carbocycles. The van der Waals surface area contributed by atoms with Gasteiger partial charge >= 0.3 is 6.09 Å². The van der Waals surface area contributed by atoms with E-state index in [0.29, 0.717) is 53.8 Å². The second-order valence-electron chi connectivity index (χ2n) is 16.3. The van der Waals surface area contributed by atoms with Crippen LogP contribution in [0.15, 0.2) is 66.9 Å². The molecule has 12 heteroatoms. The maximum absolute atomic E-state index is 14.2. The van der Waals surface area contributed by atoms with Crippen molar-refractivity contribution in [3.63, 3.8) is 0 Å². The van der Waals surface area contributed by atoms with E-state index in [9.17, 15) is 14.4 Å². The Balaban J connectivity index is 1.05. The zero-order valence-corrected chi connectivity index (χ0v) is 31.1. The van der Waals surface area contributed by atoms with Gasteiger partial charge in [-0.05, 0) is 101 Å². The lowest BCUT2D eigenvalue weighted by molar-refractivity contribution is 0.0469. The van der Waals surface area contributed by atoms with Gasteiger partial charge in [0, 0.05) is 61.4 Å². The highest BCUT2D eigenvalue weighted by Crippen LogP contribution is 2.41. The summed E-state index contributed by atoms with van der Waals surface area (Å²) in [4.78, 5) is 53.9. The summed E-state index contributed by atoms with van der Waals surface area (Å²) in [6.07, 6.45) is 5.53.